The van der Waals surface area contributed by atoms with Crippen molar-refractivity contribution in [2.45, 2.75) is 62.2 Å². The number of esters is 1. The highest BCUT2D eigenvalue weighted by Crippen LogP contribution is 2.34. The smallest absolute Gasteiger partial charge is 0.453 e. The Labute approximate surface area is 205 Å². The molecule has 0 aliphatic heterocycles. The molecule has 0 amide bonds. The summed E-state index contributed by atoms with van der Waals surface area (Å²) >= 11 is 0. The van der Waals surface area contributed by atoms with Crippen LogP contribution in [0.5, 0.6) is 0 Å². The fourth-order valence-electron chi connectivity index (χ4n) is 4.03. The van der Waals surface area contributed by atoms with Gasteiger partial charge in [-0.05, 0) is 63.3 Å². The van der Waals surface area contributed by atoms with Gasteiger partial charge in [-0.15, -0.1) is 0 Å². The lowest BCUT2D eigenvalue weighted by Gasteiger charge is -2.37. The number of aromatic nitrogens is 4. The van der Waals surface area contributed by atoms with Gasteiger partial charge in [0.25, 0.3) is 0 Å². The molecule has 0 spiro atoms. The van der Waals surface area contributed by atoms with Gasteiger partial charge in [0.1, 0.15) is 16.2 Å². The van der Waals surface area contributed by atoms with E-state index in [1.54, 1.807) is 24.5 Å². The molecule has 13 heteroatoms. The van der Waals surface area contributed by atoms with Gasteiger partial charge in [0.2, 0.25) is 10.0 Å². The summed E-state index contributed by atoms with van der Waals surface area (Å²) in [6, 6.07) is 4.46. The number of sulfonamides is 1. The third kappa shape index (κ3) is 5.90. The van der Waals surface area contributed by atoms with Crippen LogP contribution in [0.25, 0.3) is 22.6 Å². The van der Waals surface area contributed by atoms with E-state index < -0.39 is 33.8 Å². The number of nitrogens with zero attached hydrogens (tertiary/aromatic N) is 3. The number of nitrogens with one attached hydrogen (secondary N) is 2. The first kappa shape index (κ1) is 25.8. The molecule has 1 saturated carbocycles. The van der Waals surface area contributed by atoms with Crippen molar-refractivity contribution >= 4 is 16.0 Å². The number of aromatic amines is 1. The maximum atomic E-state index is 13.0. The van der Waals surface area contributed by atoms with Crippen molar-refractivity contribution < 1.29 is 31.1 Å². The van der Waals surface area contributed by atoms with Crippen molar-refractivity contribution in [2.75, 3.05) is 0 Å². The van der Waals surface area contributed by atoms with Gasteiger partial charge in [0.05, 0.1) is 5.69 Å². The van der Waals surface area contributed by atoms with Crippen LogP contribution in [0, 0.1) is 6.92 Å². The standard InChI is InChI=1S/C23H24F3N5O4S/c1-14-11-29-20(30-14)19-10-15(5-8-28-19)16-9-18(13-27-12-16)36(33,34)31-17-3-6-22(2,7-4-17)35-21(32)23(24,25)26/h5,8-13,17,31H,3-4,6-7H2,1-2H3,(H,29,30)/t17-,22-. The summed E-state index contributed by atoms with van der Waals surface area (Å²) in [5.41, 5.74) is 1.34. The van der Waals surface area contributed by atoms with Crippen molar-refractivity contribution in [3.63, 3.8) is 0 Å². The molecule has 192 valence electrons. The molecule has 3 aromatic heterocycles. The molecule has 1 fully saturated rings. The predicted octanol–water partition coefficient (Wildman–Crippen LogP) is 3.93. The predicted molar refractivity (Wildman–Crippen MR) is 123 cm³/mol. The molecule has 1 aliphatic rings. The van der Waals surface area contributed by atoms with E-state index in [-0.39, 0.29) is 30.6 Å². The van der Waals surface area contributed by atoms with E-state index in [0.29, 0.717) is 22.6 Å². The zero-order valence-electron chi connectivity index (χ0n) is 19.5. The van der Waals surface area contributed by atoms with Crippen LogP contribution in [-0.2, 0) is 19.6 Å². The summed E-state index contributed by atoms with van der Waals surface area (Å²) in [5.74, 6) is -1.66. The molecule has 2 N–H and O–H groups in total. The number of pyridine rings is 2. The maximum absolute atomic E-state index is 13.0. The molecule has 4 rings (SSSR count). The topological polar surface area (TPSA) is 127 Å². The minimum atomic E-state index is -5.08. The van der Waals surface area contributed by atoms with Gasteiger partial charge in [-0.3, -0.25) is 9.97 Å². The van der Waals surface area contributed by atoms with E-state index >= 15 is 0 Å². The quantitative estimate of drug-likeness (QED) is 0.469. The molecule has 1 aliphatic carbocycles. The monoisotopic (exact) mass is 523 g/mol. The average Bonchev–Trinajstić information content (AvgIpc) is 3.26. The Bertz CT molecular complexity index is 1370. The van der Waals surface area contributed by atoms with Crippen molar-refractivity contribution in [3.8, 4) is 22.6 Å². The number of carbonyl (C=O) groups is 1. The molecular formula is C23H24F3N5O4S. The molecule has 0 atom stereocenters. The van der Waals surface area contributed by atoms with Crippen LogP contribution in [0.2, 0.25) is 0 Å². The Kier molecular flexibility index (Phi) is 6.88. The SMILES string of the molecule is Cc1c[nH]c(-c2cc(-c3cncc(S(=O)(=O)N[C@H]4CC[C@](C)(OC(=O)C(F)(F)F)CC4)c3)ccn2)n1. The van der Waals surface area contributed by atoms with Crippen LogP contribution in [-0.4, -0.2) is 52.1 Å². The number of H-pyrrole nitrogens is 1. The molecule has 36 heavy (non-hydrogen) atoms. The Morgan fingerprint density at radius 1 is 1.19 bits per heavy atom. The van der Waals surface area contributed by atoms with Crippen LogP contribution in [0.15, 0.2) is 47.9 Å². The number of ether oxygens (including phenoxy) is 1. The van der Waals surface area contributed by atoms with Gasteiger partial charge < -0.3 is 9.72 Å². The number of hydrogen-bond donors (Lipinski definition) is 2. The number of rotatable bonds is 6. The second-order valence-corrected chi connectivity index (χ2v) is 10.7. The van der Waals surface area contributed by atoms with E-state index in [4.69, 9.17) is 0 Å². The summed E-state index contributed by atoms with van der Waals surface area (Å²) in [6.45, 7) is 3.26. The fourth-order valence-corrected chi connectivity index (χ4v) is 5.32. The summed E-state index contributed by atoms with van der Waals surface area (Å²) in [5, 5.41) is 0. The van der Waals surface area contributed by atoms with Gasteiger partial charge >= 0.3 is 12.1 Å². The molecule has 0 saturated heterocycles. The van der Waals surface area contributed by atoms with E-state index in [1.165, 1.54) is 25.4 Å². The van der Waals surface area contributed by atoms with Crippen LogP contribution in [0.4, 0.5) is 13.2 Å². The lowest BCUT2D eigenvalue weighted by atomic mass is 9.84. The molecule has 0 bridgehead atoms. The first-order valence-corrected chi connectivity index (χ1v) is 12.6. The summed E-state index contributed by atoms with van der Waals surface area (Å²) in [6.07, 6.45) is 1.62. The number of halogens is 3. The van der Waals surface area contributed by atoms with Gasteiger partial charge in [-0.2, -0.15) is 13.2 Å². The zero-order valence-corrected chi connectivity index (χ0v) is 20.3. The van der Waals surface area contributed by atoms with Crippen molar-refractivity contribution in [1.82, 2.24) is 24.7 Å². The van der Waals surface area contributed by atoms with Crippen LogP contribution in [0.3, 0.4) is 0 Å². The van der Waals surface area contributed by atoms with Crippen LogP contribution < -0.4 is 4.72 Å². The zero-order chi connectivity index (χ0) is 26.1. The van der Waals surface area contributed by atoms with Gasteiger partial charge in [0, 0.05) is 36.4 Å². The molecule has 0 unspecified atom stereocenters. The van der Waals surface area contributed by atoms with Crippen molar-refractivity contribution in [3.05, 3.63) is 48.7 Å². The van der Waals surface area contributed by atoms with Crippen LogP contribution >= 0.6 is 0 Å². The van der Waals surface area contributed by atoms with E-state index in [2.05, 4.69) is 29.4 Å². The molecule has 3 heterocycles. The molecule has 3 aromatic rings. The third-order valence-electron chi connectivity index (χ3n) is 6.00. The van der Waals surface area contributed by atoms with Gasteiger partial charge in [0.15, 0.2) is 5.82 Å². The Morgan fingerprint density at radius 2 is 1.92 bits per heavy atom. The second kappa shape index (κ2) is 9.62. The number of imidazole rings is 1. The number of hydrogen-bond acceptors (Lipinski definition) is 7. The summed E-state index contributed by atoms with van der Waals surface area (Å²) in [7, 11) is -3.97. The maximum Gasteiger partial charge on any atom is 0.490 e. The Morgan fingerprint density at radius 3 is 2.56 bits per heavy atom. The third-order valence-corrected chi connectivity index (χ3v) is 7.49. The van der Waals surface area contributed by atoms with Gasteiger partial charge in [-0.25, -0.2) is 22.9 Å². The van der Waals surface area contributed by atoms with Gasteiger partial charge in [-0.1, -0.05) is 0 Å². The molecule has 0 aromatic carbocycles. The highest BCUT2D eigenvalue weighted by Gasteiger charge is 2.46. The fraction of sp³-hybridized carbons (Fsp3) is 0.391. The second-order valence-electron chi connectivity index (χ2n) is 8.96. The molecule has 9 nitrogen and oxygen atoms in total. The number of alkyl halides is 3. The number of carbonyl (C=O) groups excluding carboxylic acids is 1. The minimum Gasteiger partial charge on any atom is -0.453 e. The normalized spacial score (nSPS) is 20.8. The summed E-state index contributed by atoms with van der Waals surface area (Å²) in [4.78, 5) is 26.9. The molecular weight excluding hydrogens is 499 g/mol. The van der Waals surface area contributed by atoms with Crippen molar-refractivity contribution in [2.24, 2.45) is 0 Å². The summed E-state index contributed by atoms with van der Waals surface area (Å²) < 4.78 is 70.9. The van der Waals surface area contributed by atoms with E-state index in [0.717, 1.165) is 5.69 Å². The molecule has 0 radical (unpaired) electrons. The highest BCUT2D eigenvalue weighted by atomic mass is 32.2. The Hall–Kier alpha value is -3.32. The number of aryl methyl sites for hydroxylation is 1. The Balaban J connectivity index is 1.45. The highest BCUT2D eigenvalue weighted by molar-refractivity contribution is 7.89. The van der Waals surface area contributed by atoms with E-state index in [9.17, 15) is 26.4 Å². The largest absolute Gasteiger partial charge is 0.490 e. The van der Waals surface area contributed by atoms with Crippen molar-refractivity contribution in [1.29, 1.82) is 0 Å². The first-order chi connectivity index (χ1) is 16.8. The average molecular weight is 524 g/mol. The lowest BCUT2D eigenvalue weighted by molar-refractivity contribution is -0.215. The van der Waals surface area contributed by atoms with Crippen LogP contribution in [0.1, 0.15) is 38.3 Å². The van der Waals surface area contributed by atoms with E-state index in [1.807, 2.05) is 6.92 Å². The first-order valence-electron chi connectivity index (χ1n) is 11.1. The lowest BCUT2D eigenvalue weighted by Crippen LogP contribution is -2.45. The minimum absolute atomic E-state index is 0.0518.